The first-order chi connectivity index (χ1) is 9.83. The molecular formula is C17H19NO2. The molecule has 1 atom stereocenters. The molecule has 2 aromatic rings. The van der Waals surface area contributed by atoms with E-state index in [0.717, 1.165) is 42.1 Å². The van der Waals surface area contributed by atoms with Gasteiger partial charge in [0.25, 0.3) is 0 Å². The molecule has 0 unspecified atom stereocenters. The molecule has 0 saturated carbocycles. The van der Waals surface area contributed by atoms with Crippen molar-refractivity contribution in [2.75, 3.05) is 6.61 Å². The lowest BCUT2D eigenvalue weighted by atomic mass is 10.0. The third-order valence-electron chi connectivity index (χ3n) is 3.55. The summed E-state index contributed by atoms with van der Waals surface area (Å²) in [7, 11) is 0. The molecule has 1 aliphatic heterocycles. The predicted molar refractivity (Wildman–Crippen MR) is 78.9 cm³/mol. The smallest absolute Gasteiger partial charge is 0.124 e. The highest BCUT2D eigenvalue weighted by molar-refractivity contribution is 5.42. The van der Waals surface area contributed by atoms with Crippen LogP contribution in [0.15, 0.2) is 48.5 Å². The number of nitrogens with two attached hydrogens (primary N) is 1. The van der Waals surface area contributed by atoms with E-state index in [1.54, 1.807) is 0 Å². The van der Waals surface area contributed by atoms with E-state index in [1.807, 2.05) is 36.4 Å². The van der Waals surface area contributed by atoms with Gasteiger partial charge in [0.1, 0.15) is 18.1 Å². The summed E-state index contributed by atoms with van der Waals surface area (Å²) in [5, 5.41) is 0. The third-order valence-corrected chi connectivity index (χ3v) is 3.55. The van der Waals surface area contributed by atoms with Crippen LogP contribution >= 0.6 is 0 Å². The fraction of sp³-hybridized carbons (Fsp3) is 0.294. The summed E-state index contributed by atoms with van der Waals surface area (Å²) in [6.07, 6.45) is 1.95. The second kappa shape index (κ2) is 5.97. The second-order valence-electron chi connectivity index (χ2n) is 5.07. The van der Waals surface area contributed by atoms with E-state index in [2.05, 4.69) is 12.1 Å². The quantitative estimate of drug-likeness (QED) is 0.928. The number of hydrogen-bond donors (Lipinski definition) is 1. The summed E-state index contributed by atoms with van der Waals surface area (Å²) in [5.41, 5.74) is 8.39. The molecule has 0 amide bonds. The Morgan fingerprint density at radius 2 is 2.00 bits per heavy atom. The predicted octanol–water partition coefficient (Wildman–Crippen LogP) is 3.44. The van der Waals surface area contributed by atoms with E-state index in [1.165, 1.54) is 0 Å². The molecule has 0 spiro atoms. The molecule has 3 nitrogen and oxygen atoms in total. The van der Waals surface area contributed by atoms with Gasteiger partial charge in [-0.15, -0.1) is 0 Å². The van der Waals surface area contributed by atoms with Gasteiger partial charge in [-0.3, -0.25) is 0 Å². The van der Waals surface area contributed by atoms with Crippen molar-refractivity contribution in [3.8, 4) is 11.5 Å². The zero-order chi connectivity index (χ0) is 13.8. The lowest BCUT2D eigenvalue weighted by Gasteiger charge is -2.14. The lowest BCUT2D eigenvalue weighted by molar-refractivity contribution is 0.302. The van der Waals surface area contributed by atoms with Gasteiger partial charge in [0, 0.05) is 11.6 Å². The maximum atomic E-state index is 6.19. The Bertz CT molecular complexity index is 568. The van der Waals surface area contributed by atoms with Gasteiger partial charge >= 0.3 is 0 Å². The summed E-state index contributed by atoms with van der Waals surface area (Å²) >= 11 is 0. The van der Waals surface area contributed by atoms with E-state index >= 15 is 0 Å². The molecule has 0 saturated heterocycles. The van der Waals surface area contributed by atoms with Gasteiger partial charge in [0.05, 0.1) is 6.61 Å². The van der Waals surface area contributed by atoms with Crippen LogP contribution < -0.4 is 15.2 Å². The Morgan fingerprint density at radius 1 is 1.15 bits per heavy atom. The Kier molecular flexibility index (Phi) is 3.88. The molecule has 0 fully saturated rings. The van der Waals surface area contributed by atoms with Gasteiger partial charge in [-0.1, -0.05) is 30.3 Å². The Labute approximate surface area is 119 Å². The fourth-order valence-electron chi connectivity index (χ4n) is 2.42. The normalized spacial score (nSPS) is 17.8. The molecule has 2 N–H and O–H groups in total. The SMILES string of the molecule is N[C@H]1CCCOc2ccc(OCc3ccccc3)cc21. The molecule has 0 radical (unpaired) electrons. The fourth-order valence-corrected chi connectivity index (χ4v) is 2.42. The van der Waals surface area contributed by atoms with Gasteiger partial charge < -0.3 is 15.2 Å². The van der Waals surface area contributed by atoms with Crippen LogP contribution in [0, 0.1) is 0 Å². The van der Waals surface area contributed by atoms with Crippen LogP contribution in [0.5, 0.6) is 11.5 Å². The summed E-state index contributed by atoms with van der Waals surface area (Å²) in [6.45, 7) is 1.31. The minimum atomic E-state index is 0.0350. The van der Waals surface area contributed by atoms with Crippen LogP contribution in [-0.2, 0) is 6.61 Å². The van der Waals surface area contributed by atoms with Crippen LogP contribution in [0.2, 0.25) is 0 Å². The zero-order valence-corrected chi connectivity index (χ0v) is 11.4. The third kappa shape index (κ3) is 2.94. The Balaban J connectivity index is 1.75. The van der Waals surface area contributed by atoms with Gasteiger partial charge in [0.15, 0.2) is 0 Å². The maximum Gasteiger partial charge on any atom is 0.124 e. The van der Waals surface area contributed by atoms with E-state index in [4.69, 9.17) is 15.2 Å². The summed E-state index contributed by atoms with van der Waals surface area (Å²) in [6, 6.07) is 16.1. The number of fused-ring (bicyclic) bond motifs is 1. The number of hydrogen-bond acceptors (Lipinski definition) is 3. The van der Waals surface area contributed by atoms with Crippen molar-refractivity contribution < 1.29 is 9.47 Å². The van der Waals surface area contributed by atoms with Crippen molar-refractivity contribution in [2.24, 2.45) is 5.73 Å². The first kappa shape index (κ1) is 13.0. The van der Waals surface area contributed by atoms with Crippen LogP contribution in [-0.4, -0.2) is 6.61 Å². The molecule has 0 aliphatic carbocycles. The highest BCUT2D eigenvalue weighted by Gasteiger charge is 2.17. The monoisotopic (exact) mass is 269 g/mol. The van der Waals surface area contributed by atoms with E-state index < -0.39 is 0 Å². The number of rotatable bonds is 3. The number of ether oxygens (including phenoxy) is 2. The van der Waals surface area contributed by atoms with Crippen molar-refractivity contribution in [3.63, 3.8) is 0 Å². The molecular weight excluding hydrogens is 250 g/mol. The molecule has 0 aromatic heterocycles. The topological polar surface area (TPSA) is 44.5 Å². The summed E-state index contributed by atoms with van der Waals surface area (Å²) < 4.78 is 11.5. The average Bonchev–Trinajstić information content (AvgIpc) is 2.68. The largest absolute Gasteiger partial charge is 0.493 e. The highest BCUT2D eigenvalue weighted by Crippen LogP contribution is 2.33. The molecule has 20 heavy (non-hydrogen) atoms. The Hall–Kier alpha value is -2.00. The summed E-state index contributed by atoms with van der Waals surface area (Å²) in [5.74, 6) is 1.73. The minimum absolute atomic E-state index is 0.0350. The first-order valence-electron chi connectivity index (χ1n) is 7.02. The van der Waals surface area contributed by atoms with E-state index in [9.17, 15) is 0 Å². The second-order valence-corrected chi connectivity index (χ2v) is 5.07. The van der Waals surface area contributed by atoms with Crippen molar-refractivity contribution in [1.29, 1.82) is 0 Å². The highest BCUT2D eigenvalue weighted by atomic mass is 16.5. The molecule has 3 rings (SSSR count). The standard InChI is InChI=1S/C17H19NO2/c18-16-7-4-10-19-17-9-8-14(11-15(16)17)20-12-13-5-2-1-3-6-13/h1-3,5-6,8-9,11,16H,4,7,10,12,18H2/t16-/m0/s1. The van der Waals surface area contributed by atoms with E-state index in [-0.39, 0.29) is 6.04 Å². The zero-order valence-electron chi connectivity index (χ0n) is 11.4. The molecule has 104 valence electrons. The van der Waals surface area contributed by atoms with Gasteiger partial charge in [-0.25, -0.2) is 0 Å². The van der Waals surface area contributed by atoms with Crippen LogP contribution in [0.4, 0.5) is 0 Å². The van der Waals surface area contributed by atoms with Gasteiger partial charge in [-0.05, 0) is 36.6 Å². The molecule has 1 heterocycles. The van der Waals surface area contributed by atoms with Crippen molar-refractivity contribution in [1.82, 2.24) is 0 Å². The molecule has 1 aliphatic rings. The number of benzene rings is 2. The Morgan fingerprint density at radius 3 is 2.85 bits per heavy atom. The summed E-state index contributed by atoms with van der Waals surface area (Å²) in [4.78, 5) is 0. The van der Waals surface area contributed by atoms with Crippen LogP contribution in [0.25, 0.3) is 0 Å². The molecule has 3 heteroatoms. The van der Waals surface area contributed by atoms with Crippen molar-refractivity contribution >= 4 is 0 Å². The molecule has 0 bridgehead atoms. The van der Waals surface area contributed by atoms with Crippen LogP contribution in [0.3, 0.4) is 0 Å². The lowest BCUT2D eigenvalue weighted by Crippen LogP contribution is -2.09. The van der Waals surface area contributed by atoms with Crippen molar-refractivity contribution in [3.05, 3.63) is 59.7 Å². The van der Waals surface area contributed by atoms with Gasteiger partial charge in [-0.2, -0.15) is 0 Å². The first-order valence-corrected chi connectivity index (χ1v) is 7.02. The van der Waals surface area contributed by atoms with E-state index in [0.29, 0.717) is 6.61 Å². The maximum absolute atomic E-state index is 6.19. The minimum Gasteiger partial charge on any atom is -0.493 e. The van der Waals surface area contributed by atoms with Crippen LogP contribution in [0.1, 0.15) is 30.0 Å². The average molecular weight is 269 g/mol. The van der Waals surface area contributed by atoms with Crippen molar-refractivity contribution in [2.45, 2.75) is 25.5 Å². The van der Waals surface area contributed by atoms with Gasteiger partial charge in [0.2, 0.25) is 0 Å². The molecule has 2 aromatic carbocycles.